The Hall–Kier alpha value is -1.30. The molecule has 0 aliphatic carbocycles. The van der Waals surface area contributed by atoms with Crippen LogP contribution in [0.3, 0.4) is 0 Å². The van der Waals surface area contributed by atoms with Crippen molar-refractivity contribution in [3.05, 3.63) is 29.3 Å². The molecule has 0 radical (unpaired) electrons. The standard InChI is InChI=1S/C10H11F4NO/c1-16-8-3-5(11)2-7(12)9(8)6(4-15)10(13)14/h2-3,6,10H,4,15H2,1H3. The quantitative estimate of drug-likeness (QED) is 0.815. The summed E-state index contributed by atoms with van der Waals surface area (Å²) in [6.45, 7) is -0.448. The van der Waals surface area contributed by atoms with Crippen LogP contribution in [0.4, 0.5) is 17.6 Å². The SMILES string of the molecule is COc1cc(F)cc(F)c1C(CN)C(F)F. The van der Waals surface area contributed by atoms with E-state index in [1.165, 1.54) is 0 Å². The van der Waals surface area contributed by atoms with Crippen LogP contribution in [0.15, 0.2) is 12.1 Å². The number of nitrogens with two attached hydrogens (primary N) is 1. The van der Waals surface area contributed by atoms with Crippen molar-refractivity contribution in [3.63, 3.8) is 0 Å². The number of benzene rings is 1. The lowest BCUT2D eigenvalue weighted by molar-refractivity contribution is 0.114. The van der Waals surface area contributed by atoms with Crippen LogP contribution in [0.5, 0.6) is 5.75 Å². The lowest BCUT2D eigenvalue weighted by Gasteiger charge is -2.18. The van der Waals surface area contributed by atoms with Crippen LogP contribution in [-0.2, 0) is 0 Å². The molecule has 0 spiro atoms. The molecule has 0 aromatic heterocycles. The molecule has 0 bridgehead atoms. The average Bonchev–Trinajstić information content (AvgIpc) is 2.21. The highest BCUT2D eigenvalue weighted by atomic mass is 19.3. The molecule has 90 valence electrons. The maximum Gasteiger partial charge on any atom is 0.246 e. The third kappa shape index (κ3) is 2.44. The number of rotatable bonds is 4. The summed E-state index contributed by atoms with van der Waals surface area (Å²) in [7, 11) is 1.15. The highest BCUT2D eigenvalue weighted by Gasteiger charge is 2.28. The Morgan fingerprint density at radius 1 is 1.31 bits per heavy atom. The first-order valence-electron chi connectivity index (χ1n) is 4.52. The van der Waals surface area contributed by atoms with Gasteiger partial charge >= 0.3 is 0 Å². The van der Waals surface area contributed by atoms with E-state index in [0.29, 0.717) is 6.07 Å². The van der Waals surface area contributed by atoms with E-state index in [1.807, 2.05) is 0 Å². The first-order chi connectivity index (χ1) is 7.51. The number of hydrogen-bond acceptors (Lipinski definition) is 2. The fourth-order valence-electron chi connectivity index (χ4n) is 1.44. The van der Waals surface area contributed by atoms with Gasteiger partial charge in [0.05, 0.1) is 13.0 Å². The molecule has 1 atom stereocenters. The van der Waals surface area contributed by atoms with Gasteiger partial charge in [-0.05, 0) is 0 Å². The van der Waals surface area contributed by atoms with E-state index in [4.69, 9.17) is 5.73 Å². The van der Waals surface area contributed by atoms with Gasteiger partial charge in [0.15, 0.2) is 0 Å². The first-order valence-corrected chi connectivity index (χ1v) is 4.52. The van der Waals surface area contributed by atoms with Crippen LogP contribution < -0.4 is 10.5 Å². The van der Waals surface area contributed by atoms with Crippen molar-refractivity contribution < 1.29 is 22.3 Å². The molecule has 1 unspecified atom stereocenters. The van der Waals surface area contributed by atoms with Gasteiger partial charge in [0.2, 0.25) is 6.43 Å². The van der Waals surface area contributed by atoms with Crippen molar-refractivity contribution >= 4 is 0 Å². The summed E-state index contributed by atoms with van der Waals surface area (Å²) >= 11 is 0. The molecule has 0 aliphatic heterocycles. The van der Waals surface area contributed by atoms with Crippen LogP contribution >= 0.6 is 0 Å². The summed E-state index contributed by atoms with van der Waals surface area (Å²) in [5.41, 5.74) is 4.75. The van der Waals surface area contributed by atoms with Gasteiger partial charge in [0.25, 0.3) is 0 Å². The zero-order chi connectivity index (χ0) is 12.3. The van der Waals surface area contributed by atoms with Gasteiger partial charge in [0.1, 0.15) is 17.4 Å². The van der Waals surface area contributed by atoms with E-state index in [9.17, 15) is 17.6 Å². The number of hydrogen-bond donors (Lipinski definition) is 1. The third-order valence-electron chi connectivity index (χ3n) is 2.21. The van der Waals surface area contributed by atoms with Crippen molar-refractivity contribution in [1.29, 1.82) is 0 Å². The summed E-state index contributed by atoms with van der Waals surface area (Å²) < 4.78 is 56.1. The Balaban J connectivity index is 3.29. The summed E-state index contributed by atoms with van der Waals surface area (Å²) in [6, 6.07) is 1.38. The Kier molecular flexibility index (Phi) is 4.12. The van der Waals surface area contributed by atoms with Gasteiger partial charge in [-0.3, -0.25) is 0 Å². The van der Waals surface area contributed by atoms with Crippen LogP contribution in [-0.4, -0.2) is 20.1 Å². The van der Waals surface area contributed by atoms with Crippen LogP contribution in [0, 0.1) is 11.6 Å². The Bertz CT molecular complexity index is 370. The fraction of sp³-hybridized carbons (Fsp3) is 0.400. The van der Waals surface area contributed by atoms with E-state index in [2.05, 4.69) is 4.74 Å². The molecular weight excluding hydrogens is 226 g/mol. The largest absolute Gasteiger partial charge is 0.496 e. The van der Waals surface area contributed by atoms with Gasteiger partial charge in [-0.25, -0.2) is 17.6 Å². The number of ether oxygens (including phenoxy) is 1. The summed E-state index contributed by atoms with van der Waals surface area (Å²) in [5, 5.41) is 0. The van der Waals surface area contributed by atoms with Crippen LogP contribution in [0.1, 0.15) is 11.5 Å². The number of alkyl halides is 2. The first kappa shape index (κ1) is 12.8. The molecule has 1 aromatic rings. The molecule has 0 heterocycles. The average molecular weight is 237 g/mol. The third-order valence-corrected chi connectivity index (χ3v) is 2.21. The molecule has 0 saturated carbocycles. The van der Waals surface area contributed by atoms with Crippen LogP contribution in [0.25, 0.3) is 0 Å². The molecule has 0 fully saturated rings. The van der Waals surface area contributed by atoms with Crippen molar-refractivity contribution in [2.75, 3.05) is 13.7 Å². The predicted molar refractivity (Wildman–Crippen MR) is 50.7 cm³/mol. The summed E-state index contributed by atoms with van der Waals surface area (Å²) in [5.74, 6) is -3.72. The Labute approximate surface area is 90.0 Å². The highest BCUT2D eigenvalue weighted by Crippen LogP contribution is 2.33. The van der Waals surface area contributed by atoms with E-state index >= 15 is 0 Å². The van der Waals surface area contributed by atoms with Gasteiger partial charge in [0, 0.05) is 24.2 Å². The molecule has 6 heteroatoms. The highest BCUT2D eigenvalue weighted by molar-refractivity contribution is 5.38. The van der Waals surface area contributed by atoms with Crippen molar-refractivity contribution in [1.82, 2.24) is 0 Å². The van der Waals surface area contributed by atoms with Crippen molar-refractivity contribution in [3.8, 4) is 5.75 Å². The molecule has 1 rings (SSSR count). The van der Waals surface area contributed by atoms with E-state index in [-0.39, 0.29) is 11.3 Å². The maximum atomic E-state index is 13.4. The van der Waals surface area contributed by atoms with Gasteiger partial charge in [-0.2, -0.15) is 0 Å². The zero-order valence-corrected chi connectivity index (χ0v) is 8.51. The van der Waals surface area contributed by atoms with Crippen molar-refractivity contribution in [2.45, 2.75) is 12.3 Å². The van der Waals surface area contributed by atoms with Crippen LogP contribution in [0.2, 0.25) is 0 Å². The minimum Gasteiger partial charge on any atom is -0.496 e. The number of methoxy groups -OCH3 is 1. The predicted octanol–water partition coefficient (Wildman–Crippen LogP) is 2.28. The van der Waals surface area contributed by atoms with E-state index in [1.54, 1.807) is 0 Å². The van der Waals surface area contributed by atoms with Gasteiger partial charge in [-0.1, -0.05) is 0 Å². The van der Waals surface area contributed by atoms with E-state index in [0.717, 1.165) is 13.2 Å². The second-order valence-electron chi connectivity index (χ2n) is 3.18. The molecule has 1 aromatic carbocycles. The smallest absolute Gasteiger partial charge is 0.246 e. The Morgan fingerprint density at radius 3 is 2.38 bits per heavy atom. The maximum absolute atomic E-state index is 13.4. The summed E-state index contributed by atoms with van der Waals surface area (Å²) in [6.07, 6.45) is -2.83. The monoisotopic (exact) mass is 237 g/mol. The molecule has 16 heavy (non-hydrogen) atoms. The van der Waals surface area contributed by atoms with Gasteiger partial charge < -0.3 is 10.5 Å². The molecule has 0 amide bonds. The molecule has 0 saturated heterocycles. The summed E-state index contributed by atoms with van der Waals surface area (Å²) in [4.78, 5) is 0. The molecule has 2 N–H and O–H groups in total. The second kappa shape index (κ2) is 5.16. The fourth-order valence-corrected chi connectivity index (χ4v) is 1.44. The molecular formula is C10H11F4NO. The Morgan fingerprint density at radius 2 is 1.94 bits per heavy atom. The zero-order valence-electron chi connectivity index (χ0n) is 8.51. The van der Waals surface area contributed by atoms with Gasteiger partial charge in [-0.15, -0.1) is 0 Å². The number of halogens is 4. The topological polar surface area (TPSA) is 35.2 Å². The normalized spacial score (nSPS) is 12.9. The molecule has 2 nitrogen and oxygen atoms in total. The molecule has 0 aliphatic rings. The second-order valence-corrected chi connectivity index (χ2v) is 3.18. The van der Waals surface area contributed by atoms with E-state index < -0.39 is 30.5 Å². The van der Waals surface area contributed by atoms with Crippen molar-refractivity contribution in [2.24, 2.45) is 5.73 Å². The lowest BCUT2D eigenvalue weighted by Crippen LogP contribution is -2.21. The lowest BCUT2D eigenvalue weighted by atomic mass is 9.98. The minimum absolute atomic E-state index is 0.256. The minimum atomic E-state index is -2.83.